The lowest BCUT2D eigenvalue weighted by atomic mass is 10.1. The average molecular weight is 524 g/mol. The van der Waals surface area contributed by atoms with Crippen molar-refractivity contribution in [3.63, 3.8) is 0 Å². The molecule has 0 bridgehead atoms. The summed E-state index contributed by atoms with van der Waals surface area (Å²) in [6.45, 7) is 5.83. The Bertz CT molecular complexity index is 1060. The first kappa shape index (κ1) is 25.9. The molecule has 0 aliphatic rings. The Morgan fingerprint density at radius 2 is 1.78 bits per heavy atom. The van der Waals surface area contributed by atoms with E-state index < -0.39 is 28.5 Å². The maximum absolute atomic E-state index is 13.5. The third-order valence-corrected chi connectivity index (χ3v) is 6.75. The summed E-state index contributed by atoms with van der Waals surface area (Å²) in [4.78, 5) is 27.7. The third-order valence-electron chi connectivity index (χ3n) is 5.11. The van der Waals surface area contributed by atoms with Crippen molar-refractivity contribution in [1.82, 2.24) is 10.2 Å². The molecule has 0 saturated heterocycles. The second kappa shape index (κ2) is 11.5. The van der Waals surface area contributed by atoms with Crippen LogP contribution in [-0.4, -0.2) is 50.5 Å². The first-order valence-corrected chi connectivity index (χ1v) is 13.1. The molecule has 0 heterocycles. The van der Waals surface area contributed by atoms with Gasteiger partial charge in [0.05, 0.1) is 11.9 Å². The molecule has 2 aromatic rings. The molecule has 2 amide bonds. The molecule has 0 aliphatic carbocycles. The zero-order valence-corrected chi connectivity index (χ0v) is 21.2. The number of rotatable bonds is 10. The van der Waals surface area contributed by atoms with Crippen LogP contribution in [-0.2, 0) is 26.2 Å². The van der Waals surface area contributed by atoms with Gasteiger partial charge in [0.1, 0.15) is 12.6 Å². The summed E-state index contributed by atoms with van der Waals surface area (Å²) in [5, 5.41) is 2.78. The Morgan fingerprint density at radius 1 is 1.09 bits per heavy atom. The molecular weight excluding hydrogens is 494 g/mol. The highest BCUT2D eigenvalue weighted by atomic mass is 79.9. The monoisotopic (exact) mass is 523 g/mol. The van der Waals surface area contributed by atoms with E-state index in [0.717, 1.165) is 21.7 Å². The smallest absolute Gasteiger partial charge is 0.244 e. The molecule has 0 radical (unpaired) electrons. The zero-order chi connectivity index (χ0) is 23.9. The number of nitrogens with zero attached hydrogens (tertiary/aromatic N) is 2. The molecular formula is C23H30BrN3O4S. The van der Waals surface area contributed by atoms with Gasteiger partial charge in [0.25, 0.3) is 0 Å². The van der Waals surface area contributed by atoms with Gasteiger partial charge in [-0.1, -0.05) is 53.2 Å². The molecule has 174 valence electrons. The Balaban J connectivity index is 2.45. The van der Waals surface area contributed by atoms with Crippen molar-refractivity contribution in [2.45, 2.75) is 39.8 Å². The molecule has 0 aromatic heterocycles. The van der Waals surface area contributed by atoms with Crippen molar-refractivity contribution < 1.29 is 18.0 Å². The van der Waals surface area contributed by atoms with E-state index in [9.17, 15) is 18.0 Å². The first-order valence-electron chi connectivity index (χ1n) is 10.4. The van der Waals surface area contributed by atoms with Gasteiger partial charge in [0.15, 0.2) is 0 Å². The predicted octanol–water partition coefficient (Wildman–Crippen LogP) is 3.47. The Hall–Kier alpha value is -2.39. The Morgan fingerprint density at radius 3 is 2.34 bits per heavy atom. The molecule has 1 N–H and O–H groups in total. The molecule has 2 rings (SSSR count). The maximum Gasteiger partial charge on any atom is 0.244 e. The maximum atomic E-state index is 13.5. The number of likely N-dealkylation sites (N-methyl/N-ethyl adjacent to an activating group) is 1. The summed E-state index contributed by atoms with van der Waals surface area (Å²) < 4.78 is 26.9. The summed E-state index contributed by atoms with van der Waals surface area (Å²) in [5.74, 6) is -0.706. The van der Waals surface area contributed by atoms with Crippen molar-refractivity contribution in [2.24, 2.45) is 0 Å². The van der Waals surface area contributed by atoms with Crippen molar-refractivity contribution in [2.75, 3.05) is 23.7 Å². The van der Waals surface area contributed by atoms with Gasteiger partial charge in [-0.3, -0.25) is 13.9 Å². The number of anilines is 1. The molecule has 0 fully saturated rings. The normalized spacial score (nSPS) is 12.2. The lowest BCUT2D eigenvalue weighted by molar-refractivity contribution is -0.140. The van der Waals surface area contributed by atoms with Gasteiger partial charge in [-0.2, -0.15) is 0 Å². The van der Waals surface area contributed by atoms with E-state index in [1.54, 1.807) is 24.3 Å². The van der Waals surface area contributed by atoms with Gasteiger partial charge in [0, 0.05) is 17.6 Å². The van der Waals surface area contributed by atoms with Crippen LogP contribution in [0.3, 0.4) is 0 Å². The van der Waals surface area contributed by atoms with Crippen LogP contribution < -0.4 is 9.62 Å². The molecule has 0 saturated carbocycles. The van der Waals surface area contributed by atoms with Crippen LogP contribution in [0.15, 0.2) is 53.0 Å². The zero-order valence-electron chi connectivity index (χ0n) is 18.8. The number of amides is 2. The molecule has 0 unspecified atom stereocenters. The van der Waals surface area contributed by atoms with Crippen molar-refractivity contribution >= 4 is 43.5 Å². The number of benzene rings is 2. The minimum absolute atomic E-state index is 0.206. The second-order valence-electron chi connectivity index (χ2n) is 7.52. The minimum atomic E-state index is -3.74. The van der Waals surface area contributed by atoms with Crippen LogP contribution in [0.4, 0.5) is 5.69 Å². The molecule has 32 heavy (non-hydrogen) atoms. The van der Waals surface area contributed by atoms with Crippen LogP contribution in [0.5, 0.6) is 0 Å². The van der Waals surface area contributed by atoms with Gasteiger partial charge in [-0.15, -0.1) is 0 Å². The molecule has 0 spiro atoms. The Kier molecular flexibility index (Phi) is 9.27. The van der Waals surface area contributed by atoms with Crippen LogP contribution in [0, 0.1) is 6.92 Å². The highest BCUT2D eigenvalue weighted by molar-refractivity contribution is 9.10. The first-order chi connectivity index (χ1) is 15.1. The van der Waals surface area contributed by atoms with E-state index in [4.69, 9.17) is 0 Å². The summed E-state index contributed by atoms with van der Waals surface area (Å²) >= 11 is 3.35. The summed E-state index contributed by atoms with van der Waals surface area (Å²) in [6.07, 6.45) is 1.47. The highest BCUT2D eigenvalue weighted by Crippen LogP contribution is 2.23. The molecule has 1 atom stereocenters. The summed E-state index contributed by atoms with van der Waals surface area (Å²) in [6, 6.07) is 13.7. The number of sulfonamides is 1. The largest absolute Gasteiger partial charge is 0.355 e. The average Bonchev–Trinajstić information content (AvgIpc) is 2.72. The molecule has 9 heteroatoms. The predicted molar refractivity (Wildman–Crippen MR) is 131 cm³/mol. The number of hydrogen-bond acceptors (Lipinski definition) is 4. The topological polar surface area (TPSA) is 86.8 Å². The van der Waals surface area contributed by atoms with Crippen LogP contribution in [0.1, 0.15) is 31.4 Å². The Labute approximate surface area is 199 Å². The van der Waals surface area contributed by atoms with E-state index in [0.29, 0.717) is 23.1 Å². The number of aryl methyl sites for hydroxylation is 1. The second-order valence-corrected chi connectivity index (χ2v) is 10.3. The van der Waals surface area contributed by atoms with E-state index in [1.807, 2.05) is 45.0 Å². The van der Waals surface area contributed by atoms with Gasteiger partial charge < -0.3 is 10.2 Å². The summed E-state index contributed by atoms with van der Waals surface area (Å²) in [5.41, 5.74) is 2.26. The molecule has 0 aliphatic heterocycles. The lowest BCUT2D eigenvalue weighted by Gasteiger charge is -2.33. The van der Waals surface area contributed by atoms with Gasteiger partial charge >= 0.3 is 0 Å². The van der Waals surface area contributed by atoms with Crippen molar-refractivity contribution in [3.8, 4) is 0 Å². The van der Waals surface area contributed by atoms with Crippen molar-refractivity contribution in [1.29, 1.82) is 0 Å². The van der Waals surface area contributed by atoms with Gasteiger partial charge in [-0.05, 0) is 49.6 Å². The number of carbonyl (C=O) groups excluding carboxylic acids is 2. The lowest BCUT2D eigenvalue weighted by Crippen LogP contribution is -2.52. The SMILES string of the molecule is CCNC(=O)[C@@H](CC)N(Cc1ccccc1C)C(=O)CN(c1cccc(Br)c1)S(C)(=O)=O. The minimum Gasteiger partial charge on any atom is -0.355 e. The fourth-order valence-corrected chi connectivity index (χ4v) is 4.66. The van der Waals surface area contributed by atoms with Gasteiger partial charge in [0.2, 0.25) is 21.8 Å². The highest BCUT2D eigenvalue weighted by Gasteiger charge is 2.31. The quantitative estimate of drug-likeness (QED) is 0.516. The fourth-order valence-electron chi connectivity index (χ4n) is 3.43. The standard InChI is InChI=1S/C23H30BrN3O4S/c1-5-21(23(29)25-6-2)26(15-18-11-8-7-10-17(18)3)22(28)16-27(32(4,30)31)20-13-9-12-19(24)14-20/h7-14,21H,5-6,15-16H2,1-4H3,(H,25,29)/t21-/m1/s1. The molecule has 7 nitrogen and oxygen atoms in total. The van der Waals surface area contributed by atoms with E-state index in [2.05, 4.69) is 21.2 Å². The number of halogens is 1. The number of nitrogens with one attached hydrogen (secondary N) is 1. The summed E-state index contributed by atoms with van der Waals surface area (Å²) in [7, 11) is -3.74. The third kappa shape index (κ3) is 6.80. The van der Waals surface area contributed by atoms with E-state index >= 15 is 0 Å². The van der Waals surface area contributed by atoms with Crippen LogP contribution in [0.25, 0.3) is 0 Å². The molecule has 2 aromatic carbocycles. The van der Waals surface area contributed by atoms with E-state index in [1.165, 1.54) is 4.90 Å². The van der Waals surface area contributed by atoms with Crippen molar-refractivity contribution in [3.05, 3.63) is 64.1 Å². The number of hydrogen-bond donors (Lipinski definition) is 1. The van der Waals surface area contributed by atoms with E-state index in [-0.39, 0.29) is 12.5 Å². The van der Waals surface area contributed by atoms with Crippen LogP contribution in [0.2, 0.25) is 0 Å². The fraction of sp³-hybridized carbons (Fsp3) is 0.391. The number of carbonyl (C=O) groups is 2. The van der Waals surface area contributed by atoms with Crippen LogP contribution >= 0.6 is 15.9 Å². The van der Waals surface area contributed by atoms with Gasteiger partial charge in [-0.25, -0.2) is 8.42 Å².